The lowest BCUT2D eigenvalue weighted by Gasteiger charge is -2.16. The van der Waals surface area contributed by atoms with E-state index in [1.807, 2.05) is 6.92 Å². The second-order valence-corrected chi connectivity index (χ2v) is 5.60. The van der Waals surface area contributed by atoms with Gasteiger partial charge in [-0.15, -0.1) is 0 Å². The van der Waals surface area contributed by atoms with E-state index in [0.29, 0.717) is 19.1 Å². The lowest BCUT2D eigenvalue weighted by atomic mass is 10.2. The predicted molar refractivity (Wildman–Crippen MR) is 83.9 cm³/mol. The molecule has 0 aromatic carbocycles. The highest BCUT2D eigenvalue weighted by Gasteiger charge is 2.28. The Morgan fingerprint density at radius 1 is 1.29 bits per heavy atom. The summed E-state index contributed by atoms with van der Waals surface area (Å²) in [6.45, 7) is 5.76. The van der Waals surface area contributed by atoms with Crippen LogP contribution in [0.4, 0.5) is 11.6 Å². The van der Waals surface area contributed by atoms with Crippen molar-refractivity contribution in [1.82, 2.24) is 9.97 Å². The first kappa shape index (κ1) is 16.0. The fourth-order valence-corrected chi connectivity index (χ4v) is 2.11. The minimum Gasteiger partial charge on any atom is -0.389 e. The van der Waals surface area contributed by atoms with E-state index in [-0.39, 0.29) is 0 Å². The van der Waals surface area contributed by atoms with Gasteiger partial charge >= 0.3 is 0 Å². The summed E-state index contributed by atoms with van der Waals surface area (Å²) in [5, 5.41) is 16.3. The number of nitrogens with one attached hydrogen (secondary N) is 2. The second kappa shape index (κ2) is 7.56. The van der Waals surface area contributed by atoms with E-state index in [0.717, 1.165) is 36.0 Å². The maximum Gasteiger partial charge on any atom is 0.136 e. The number of methoxy groups -OCH3 is 1. The number of aromatic nitrogens is 2. The highest BCUT2D eigenvalue weighted by atomic mass is 16.5. The van der Waals surface area contributed by atoms with Crippen molar-refractivity contribution < 1.29 is 9.84 Å². The van der Waals surface area contributed by atoms with Crippen molar-refractivity contribution in [1.29, 1.82) is 0 Å². The zero-order chi connectivity index (χ0) is 15.2. The monoisotopic (exact) mass is 294 g/mol. The molecule has 1 aromatic rings. The van der Waals surface area contributed by atoms with Gasteiger partial charge in [-0.2, -0.15) is 0 Å². The van der Waals surface area contributed by atoms with Gasteiger partial charge in [-0.1, -0.05) is 6.92 Å². The van der Waals surface area contributed by atoms with Gasteiger partial charge in [-0.05, 0) is 26.2 Å². The maximum absolute atomic E-state index is 9.76. The van der Waals surface area contributed by atoms with E-state index in [4.69, 9.17) is 4.74 Å². The van der Waals surface area contributed by atoms with Crippen LogP contribution in [0.3, 0.4) is 0 Å². The van der Waals surface area contributed by atoms with Crippen LogP contribution in [0.5, 0.6) is 0 Å². The van der Waals surface area contributed by atoms with Crippen LogP contribution in [0.1, 0.15) is 43.5 Å². The Bertz CT molecular complexity index is 463. The number of hydrogen-bond acceptors (Lipinski definition) is 6. The van der Waals surface area contributed by atoms with E-state index in [2.05, 4.69) is 27.5 Å². The van der Waals surface area contributed by atoms with E-state index in [9.17, 15) is 5.11 Å². The highest BCUT2D eigenvalue weighted by molar-refractivity contribution is 5.57. The molecule has 0 radical (unpaired) electrons. The fraction of sp³-hybridized carbons (Fsp3) is 0.733. The fourth-order valence-electron chi connectivity index (χ4n) is 2.11. The quantitative estimate of drug-likeness (QED) is 0.645. The van der Waals surface area contributed by atoms with Crippen molar-refractivity contribution in [3.63, 3.8) is 0 Å². The van der Waals surface area contributed by atoms with Crippen molar-refractivity contribution in [2.45, 2.75) is 45.1 Å². The van der Waals surface area contributed by atoms with Gasteiger partial charge in [-0.25, -0.2) is 9.97 Å². The van der Waals surface area contributed by atoms with Crippen LogP contribution in [-0.2, 0) is 4.74 Å². The van der Waals surface area contributed by atoms with Crippen LogP contribution < -0.4 is 10.6 Å². The van der Waals surface area contributed by atoms with Gasteiger partial charge in [0.2, 0.25) is 0 Å². The molecule has 2 rings (SSSR count). The highest BCUT2D eigenvalue weighted by Crippen LogP contribution is 2.39. The Labute approximate surface area is 126 Å². The molecule has 1 unspecified atom stereocenters. The normalized spacial score (nSPS) is 15.8. The topological polar surface area (TPSA) is 79.3 Å². The predicted octanol–water partition coefficient (Wildman–Crippen LogP) is 1.90. The molecule has 1 fully saturated rings. The van der Waals surface area contributed by atoms with Crippen molar-refractivity contribution in [2.24, 2.45) is 0 Å². The molecule has 1 atom stereocenters. The average molecular weight is 294 g/mol. The molecule has 0 aliphatic heterocycles. The van der Waals surface area contributed by atoms with Crippen molar-refractivity contribution >= 4 is 11.6 Å². The van der Waals surface area contributed by atoms with Crippen LogP contribution in [0.25, 0.3) is 0 Å². The molecule has 0 bridgehead atoms. The molecule has 0 amide bonds. The first-order valence-corrected chi connectivity index (χ1v) is 7.69. The summed E-state index contributed by atoms with van der Waals surface area (Å²) in [4.78, 5) is 9.27. The molecular formula is C15H26N4O2. The van der Waals surface area contributed by atoms with Crippen LogP contribution in [-0.4, -0.2) is 48.0 Å². The van der Waals surface area contributed by atoms with Gasteiger partial charge < -0.3 is 20.5 Å². The number of aliphatic hydroxyl groups is 1. The molecule has 6 nitrogen and oxygen atoms in total. The Morgan fingerprint density at radius 3 is 2.52 bits per heavy atom. The zero-order valence-electron chi connectivity index (χ0n) is 13.1. The van der Waals surface area contributed by atoms with Crippen LogP contribution in [0, 0.1) is 6.92 Å². The summed E-state index contributed by atoms with van der Waals surface area (Å²) in [6, 6.07) is 0. The Hall–Kier alpha value is -1.40. The first-order chi connectivity index (χ1) is 10.2. The standard InChI is InChI=1S/C15H26N4O2/c1-4-7-16-13-10(2)14(17-8-12(20)9-21-3)19-15(18-13)11-5-6-11/h11-12,20H,4-9H2,1-3H3,(H2,16,17,18,19). The molecule has 21 heavy (non-hydrogen) atoms. The number of anilines is 2. The summed E-state index contributed by atoms with van der Waals surface area (Å²) in [5.41, 5.74) is 0.998. The smallest absolute Gasteiger partial charge is 0.136 e. The van der Waals surface area contributed by atoms with Crippen molar-refractivity contribution in [3.8, 4) is 0 Å². The molecule has 118 valence electrons. The molecule has 1 aromatic heterocycles. The third-order valence-electron chi connectivity index (χ3n) is 3.51. The first-order valence-electron chi connectivity index (χ1n) is 7.69. The zero-order valence-corrected chi connectivity index (χ0v) is 13.1. The Kier molecular flexibility index (Phi) is 5.76. The minimum atomic E-state index is -0.541. The number of nitrogens with zero attached hydrogens (tertiary/aromatic N) is 2. The number of hydrogen-bond donors (Lipinski definition) is 3. The largest absolute Gasteiger partial charge is 0.389 e. The second-order valence-electron chi connectivity index (χ2n) is 5.60. The number of rotatable bonds is 9. The summed E-state index contributed by atoms with van der Waals surface area (Å²) in [7, 11) is 1.58. The Morgan fingerprint density at radius 2 is 1.95 bits per heavy atom. The lowest BCUT2D eigenvalue weighted by Crippen LogP contribution is -2.25. The van der Waals surface area contributed by atoms with Gasteiger partial charge in [0.05, 0.1) is 12.7 Å². The third kappa shape index (κ3) is 4.54. The van der Waals surface area contributed by atoms with Gasteiger partial charge in [0.25, 0.3) is 0 Å². The summed E-state index contributed by atoms with van der Waals surface area (Å²) in [6.07, 6.45) is 2.85. The summed E-state index contributed by atoms with van der Waals surface area (Å²) in [5.74, 6) is 3.11. The van der Waals surface area contributed by atoms with Crippen molar-refractivity contribution in [3.05, 3.63) is 11.4 Å². The van der Waals surface area contributed by atoms with E-state index in [1.165, 1.54) is 12.8 Å². The SMILES string of the molecule is CCCNc1nc(C2CC2)nc(NCC(O)COC)c1C. The van der Waals surface area contributed by atoms with E-state index >= 15 is 0 Å². The summed E-state index contributed by atoms with van der Waals surface area (Å²) < 4.78 is 4.94. The molecule has 1 saturated carbocycles. The van der Waals surface area contributed by atoms with E-state index in [1.54, 1.807) is 7.11 Å². The number of ether oxygens (including phenoxy) is 1. The molecule has 0 spiro atoms. The average Bonchev–Trinajstić information content (AvgIpc) is 3.30. The molecule has 0 saturated heterocycles. The third-order valence-corrected chi connectivity index (χ3v) is 3.51. The van der Waals surface area contributed by atoms with Crippen LogP contribution >= 0.6 is 0 Å². The van der Waals surface area contributed by atoms with Gasteiger partial charge in [-0.3, -0.25) is 0 Å². The van der Waals surface area contributed by atoms with Gasteiger partial charge in [0, 0.05) is 31.7 Å². The van der Waals surface area contributed by atoms with E-state index < -0.39 is 6.10 Å². The van der Waals surface area contributed by atoms with Crippen molar-refractivity contribution in [2.75, 3.05) is 37.4 Å². The van der Waals surface area contributed by atoms with Crippen LogP contribution in [0.2, 0.25) is 0 Å². The Balaban J connectivity index is 2.11. The molecular weight excluding hydrogens is 268 g/mol. The van der Waals surface area contributed by atoms with Crippen LogP contribution in [0.15, 0.2) is 0 Å². The summed E-state index contributed by atoms with van der Waals surface area (Å²) >= 11 is 0. The molecule has 1 aliphatic rings. The molecule has 3 N–H and O–H groups in total. The lowest BCUT2D eigenvalue weighted by molar-refractivity contribution is 0.0727. The van der Waals surface area contributed by atoms with Gasteiger partial charge in [0.15, 0.2) is 0 Å². The maximum atomic E-state index is 9.76. The molecule has 6 heteroatoms. The molecule has 1 aliphatic carbocycles. The molecule has 1 heterocycles. The minimum absolute atomic E-state index is 0.313. The number of aliphatic hydroxyl groups excluding tert-OH is 1. The van der Waals surface area contributed by atoms with Gasteiger partial charge in [0.1, 0.15) is 17.5 Å².